The minimum Gasteiger partial charge on any atom is -0.494 e. The van der Waals surface area contributed by atoms with Crippen LogP contribution in [0.1, 0.15) is 25.7 Å². The first kappa shape index (κ1) is 21.8. The second-order valence-corrected chi connectivity index (χ2v) is 7.79. The molecule has 8 nitrogen and oxygen atoms in total. The molecule has 1 aliphatic carbocycles. The molecule has 0 unspecified atom stereocenters. The normalized spacial score (nSPS) is 15.4. The Labute approximate surface area is 188 Å². The van der Waals surface area contributed by atoms with E-state index in [1.54, 1.807) is 0 Å². The van der Waals surface area contributed by atoms with E-state index in [9.17, 15) is 4.79 Å². The number of carbonyl (C=O) groups excluding carboxylic acids is 1. The fraction of sp³-hybridized carbons (Fsp3) is 0.417. The van der Waals surface area contributed by atoms with Gasteiger partial charge in [0.15, 0.2) is 17.5 Å². The minimum atomic E-state index is -0.0697. The van der Waals surface area contributed by atoms with E-state index in [0.29, 0.717) is 44.1 Å². The van der Waals surface area contributed by atoms with Crippen LogP contribution in [0.3, 0.4) is 0 Å². The Morgan fingerprint density at radius 2 is 1.88 bits per heavy atom. The first-order valence-electron chi connectivity index (χ1n) is 11.2. The lowest BCUT2D eigenvalue weighted by atomic mass is 10.2. The van der Waals surface area contributed by atoms with Gasteiger partial charge < -0.3 is 30.2 Å². The summed E-state index contributed by atoms with van der Waals surface area (Å²) in [5, 5.41) is 9.50. The van der Waals surface area contributed by atoms with Crippen molar-refractivity contribution in [1.82, 2.24) is 10.6 Å². The van der Waals surface area contributed by atoms with E-state index < -0.39 is 0 Å². The van der Waals surface area contributed by atoms with E-state index in [-0.39, 0.29) is 12.5 Å². The highest BCUT2D eigenvalue weighted by Crippen LogP contribution is 2.32. The third kappa shape index (κ3) is 7.08. The topological polar surface area (TPSA) is 93.2 Å². The highest BCUT2D eigenvalue weighted by atomic mass is 16.5. The SMILES string of the molecule is O=C(CN=C(NCCCOc1ccccc1)Nc1ccc2c(c1)OCCCO2)NC1CC1. The Morgan fingerprint density at radius 1 is 1.06 bits per heavy atom. The third-order valence-corrected chi connectivity index (χ3v) is 4.96. The maximum Gasteiger partial charge on any atom is 0.242 e. The van der Waals surface area contributed by atoms with E-state index in [1.807, 2.05) is 48.5 Å². The second-order valence-electron chi connectivity index (χ2n) is 7.79. The number of benzene rings is 2. The van der Waals surface area contributed by atoms with Gasteiger partial charge >= 0.3 is 0 Å². The molecule has 8 heteroatoms. The molecule has 0 saturated heterocycles. The lowest BCUT2D eigenvalue weighted by molar-refractivity contribution is -0.119. The lowest BCUT2D eigenvalue weighted by Crippen LogP contribution is -2.34. The fourth-order valence-electron chi connectivity index (χ4n) is 3.15. The molecule has 3 N–H and O–H groups in total. The Kier molecular flexibility index (Phi) is 7.68. The van der Waals surface area contributed by atoms with Gasteiger partial charge in [-0.15, -0.1) is 0 Å². The number of amides is 1. The van der Waals surface area contributed by atoms with Gasteiger partial charge in [-0.1, -0.05) is 18.2 Å². The van der Waals surface area contributed by atoms with Crippen molar-refractivity contribution in [3.05, 3.63) is 48.5 Å². The number of rotatable bonds is 9. The lowest BCUT2D eigenvalue weighted by Gasteiger charge is -2.15. The number of nitrogens with one attached hydrogen (secondary N) is 3. The van der Waals surface area contributed by atoms with Crippen molar-refractivity contribution in [1.29, 1.82) is 0 Å². The number of aliphatic imine (C=N–C) groups is 1. The van der Waals surface area contributed by atoms with Crippen LogP contribution in [0.5, 0.6) is 17.2 Å². The maximum atomic E-state index is 12.1. The minimum absolute atomic E-state index is 0.0664. The largest absolute Gasteiger partial charge is 0.494 e. The molecule has 1 fully saturated rings. The van der Waals surface area contributed by atoms with Gasteiger partial charge in [0.1, 0.15) is 12.3 Å². The summed E-state index contributed by atoms with van der Waals surface area (Å²) in [6, 6.07) is 15.7. The molecule has 0 atom stereocenters. The molecular weight excluding hydrogens is 408 g/mol. The Hall–Kier alpha value is -3.42. The molecule has 4 rings (SSSR count). The Balaban J connectivity index is 1.32. The number of fused-ring (bicyclic) bond motifs is 1. The zero-order valence-corrected chi connectivity index (χ0v) is 18.1. The highest BCUT2D eigenvalue weighted by molar-refractivity contribution is 5.95. The van der Waals surface area contributed by atoms with Crippen LogP contribution >= 0.6 is 0 Å². The molecule has 0 spiro atoms. The summed E-state index contributed by atoms with van der Waals surface area (Å²) >= 11 is 0. The maximum absolute atomic E-state index is 12.1. The third-order valence-electron chi connectivity index (χ3n) is 4.96. The molecule has 2 aromatic rings. The molecule has 1 saturated carbocycles. The van der Waals surface area contributed by atoms with Crippen LogP contribution in [0.25, 0.3) is 0 Å². The van der Waals surface area contributed by atoms with Gasteiger partial charge in [0.05, 0.1) is 19.8 Å². The highest BCUT2D eigenvalue weighted by Gasteiger charge is 2.22. The zero-order valence-electron chi connectivity index (χ0n) is 18.1. The number of hydrogen-bond donors (Lipinski definition) is 3. The Morgan fingerprint density at radius 3 is 2.69 bits per heavy atom. The predicted octanol–water partition coefficient (Wildman–Crippen LogP) is 2.95. The molecule has 2 aliphatic rings. The number of carbonyl (C=O) groups is 1. The molecule has 1 amide bonds. The van der Waals surface area contributed by atoms with Crippen molar-refractivity contribution in [2.75, 3.05) is 38.2 Å². The number of para-hydroxylation sites is 1. The molecule has 0 bridgehead atoms. The van der Waals surface area contributed by atoms with Crippen LogP contribution in [-0.2, 0) is 4.79 Å². The molecular formula is C24H30N4O4. The number of guanidine groups is 1. The zero-order chi connectivity index (χ0) is 22.0. The van der Waals surface area contributed by atoms with Crippen molar-refractivity contribution < 1.29 is 19.0 Å². The number of nitrogens with zero attached hydrogens (tertiary/aromatic N) is 1. The van der Waals surface area contributed by atoms with E-state index in [1.165, 1.54) is 0 Å². The number of hydrogen-bond acceptors (Lipinski definition) is 5. The molecule has 32 heavy (non-hydrogen) atoms. The second kappa shape index (κ2) is 11.3. The summed E-state index contributed by atoms with van der Waals surface area (Å²) in [5.74, 6) is 2.75. The van der Waals surface area contributed by atoms with Crippen molar-refractivity contribution in [2.45, 2.75) is 31.7 Å². The first-order valence-corrected chi connectivity index (χ1v) is 11.2. The van der Waals surface area contributed by atoms with Crippen LogP contribution in [0.2, 0.25) is 0 Å². The fourth-order valence-corrected chi connectivity index (χ4v) is 3.15. The molecule has 1 aliphatic heterocycles. The van der Waals surface area contributed by atoms with Crippen molar-refractivity contribution in [3.8, 4) is 17.2 Å². The number of ether oxygens (including phenoxy) is 3. The summed E-state index contributed by atoms with van der Waals surface area (Å²) in [6.07, 6.45) is 3.74. The van der Waals surface area contributed by atoms with Gasteiger partial charge in [-0.3, -0.25) is 4.79 Å². The standard InChI is InChI=1S/C24H30N4O4/c29-23(27-18-8-9-18)17-26-24(25-12-4-13-30-20-6-2-1-3-7-20)28-19-10-11-21-22(16-19)32-15-5-14-31-21/h1-3,6-7,10-11,16,18H,4-5,8-9,12-15,17H2,(H,27,29)(H2,25,26,28). The van der Waals surface area contributed by atoms with Crippen LogP contribution in [-0.4, -0.2) is 50.8 Å². The van der Waals surface area contributed by atoms with Crippen LogP contribution < -0.4 is 30.2 Å². The predicted molar refractivity (Wildman–Crippen MR) is 124 cm³/mol. The van der Waals surface area contributed by atoms with Gasteiger partial charge in [0.2, 0.25) is 5.91 Å². The summed E-state index contributed by atoms with van der Waals surface area (Å²) < 4.78 is 17.2. The van der Waals surface area contributed by atoms with Gasteiger partial charge in [0.25, 0.3) is 0 Å². The van der Waals surface area contributed by atoms with Crippen LogP contribution in [0.4, 0.5) is 5.69 Å². The van der Waals surface area contributed by atoms with E-state index in [0.717, 1.165) is 42.9 Å². The van der Waals surface area contributed by atoms with Crippen molar-refractivity contribution >= 4 is 17.6 Å². The smallest absolute Gasteiger partial charge is 0.242 e. The first-order chi connectivity index (χ1) is 15.8. The van der Waals surface area contributed by atoms with Crippen molar-refractivity contribution in [3.63, 3.8) is 0 Å². The summed E-state index contributed by atoms with van der Waals surface area (Å²) in [4.78, 5) is 16.5. The average molecular weight is 439 g/mol. The van der Waals surface area contributed by atoms with E-state index >= 15 is 0 Å². The molecule has 1 heterocycles. The average Bonchev–Trinajstić information content (AvgIpc) is 3.64. The van der Waals surface area contributed by atoms with Crippen LogP contribution in [0, 0.1) is 0 Å². The molecule has 0 aromatic heterocycles. The quantitative estimate of drug-likeness (QED) is 0.317. The monoisotopic (exact) mass is 438 g/mol. The Bertz CT molecular complexity index is 915. The van der Waals surface area contributed by atoms with Gasteiger partial charge in [-0.2, -0.15) is 0 Å². The van der Waals surface area contributed by atoms with Gasteiger partial charge in [-0.05, 0) is 43.5 Å². The van der Waals surface area contributed by atoms with Gasteiger partial charge in [0, 0.05) is 30.8 Å². The summed E-state index contributed by atoms with van der Waals surface area (Å²) in [5.41, 5.74) is 0.809. The molecule has 0 radical (unpaired) electrons. The van der Waals surface area contributed by atoms with Gasteiger partial charge in [-0.25, -0.2) is 4.99 Å². The van der Waals surface area contributed by atoms with E-state index in [2.05, 4.69) is 20.9 Å². The number of anilines is 1. The van der Waals surface area contributed by atoms with E-state index in [4.69, 9.17) is 14.2 Å². The molecule has 2 aromatic carbocycles. The van der Waals surface area contributed by atoms with Crippen molar-refractivity contribution in [2.24, 2.45) is 4.99 Å². The van der Waals surface area contributed by atoms with Crippen LogP contribution in [0.15, 0.2) is 53.5 Å². The summed E-state index contributed by atoms with van der Waals surface area (Å²) in [6.45, 7) is 2.56. The summed E-state index contributed by atoms with van der Waals surface area (Å²) in [7, 11) is 0. The molecule has 170 valence electrons.